The lowest BCUT2D eigenvalue weighted by molar-refractivity contribution is -0.161. The van der Waals surface area contributed by atoms with E-state index in [-0.39, 0.29) is 30.9 Å². The SMILES string of the molecule is Cc1ccc(S(=O)(=O)NCCCC(=O)ON[C@@H](CCc2ccccc2)C(=O)OCc2ccccc2)cc1. The number of carbonyl (C=O) groups excluding carboxylic acids is 2. The number of hydrogen-bond acceptors (Lipinski definition) is 7. The molecule has 37 heavy (non-hydrogen) atoms. The molecule has 0 aliphatic carbocycles. The van der Waals surface area contributed by atoms with Crippen LogP contribution in [0.2, 0.25) is 0 Å². The van der Waals surface area contributed by atoms with Crippen LogP contribution in [0.4, 0.5) is 0 Å². The number of benzene rings is 3. The lowest BCUT2D eigenvalue weighted by Crippen LogP contribution is -2.40. The van der Waals surface area contributed by atoms with E-state index < -0.39 is 28.0 Å². The molecule has 1 atom stereocenters. The number of ether oxygens (including phenoxy) is 1. The number of rotatable bonds is 14. The number of sulfonamides is 1. The Morgan fingerprint density at radius 3 is 2.14 bits per heavy atom. The predicted octanol–water partition coefficient (Wildman–Crippen LogP) is 3.85. The van der Waals surface area contributed by atoms with Gasteiger partial charge < -0.3 is 9.57 Å². The fourth-order valence-corrected chi connectivity index (χ4v) is 4.51. The van der Waals surface area contributed by atoms with E-state index in [9.17, 15) is 18.0 Å². The van der Waals surface area contributed by atoms with Gasteiger partial charge in [-0.05, 0) is 49.4 Å². The Morgan fingerprint density at radius 2 is 1.49 bits per heavy atom. The molecule has 0 amide bonds. The molecule has 0 spiro atoms. The van der Waals surface area contributed by atoms with E-state index in [1.54, 1.807) is 12.1 Å². The summed E-state index contributed by atoms with van der Waals surface area (Å²) in [6.07, 6.45) is 1.14. The molecule has 0 aliphatic heterocycles. The van der Waals surface area contributed by atoms with Crippen LogP contribution in [0.25, 0.3) is 0 Å². The van der Waals surface area contributed by atoms with Crippen molar-refractivity contribution in [3.05, 3.63) is 102 Å². The summed E-state index contributed by atoms with van der Waals surface area (Å²) in [5.41, 5.74) is 5.40. The molecule has 0 saturated heterocycles. The summed E-state index contributed by atoms with van der Waals surface area (Å²) in [4.78, 5) is 30.3. The second-order valence-electron chi connectivity index (χ2n) is 8.58. The third-order valence-electron chi connectivity index (χ3n) is 5.57. The lowest BCUT2D eigenvalue weighted by atomic mass is 10.1. The van der Waals surface area contributed by atoms with Crippen LogP contribution in [0.1, 0.15) is 36.0 Å². The van der Waals surface area contributed by atoms with Crippen molar-refractivity contribution in [2.75, 3.05) is 6.54 Å². The van der Waals surface area contributed by atoms with E-state index in [0.717, 1.165) is 16.7 Å². The Hall–Kier alpha value is -3.53. The minimum Gasteiger partial charge on any atom is -0.460 e. The molecule has 0 radical (unpaired) electrons. The summed E-state index contributed by atoms with van der Waals surface area (Å²) >= 11 is 0. The van der Waals surface area contributed by atoms with Crippen molar-refractivity contribution in [3.63, 3.8) is 0 Å². The average molecular weight is 525 g/mol. The molecular formula is C28H32N2O6S. The van der Waals surface area contributed by atoms with Crippen molar-refractivity contribution in [3.8, 4) is 0 Å². The van der Waals surface area contributed by atoms with Crippen LogP contribution in [-0.2, 0) is 42.2 Å². The van der Waals surface area contributed by atoms with Crippen LogP contribution in [-0.4, -0.2) is 32.9 Å². The number of esters is 1. The first-order valence-electron chi connectivity index (χ1n) is 12.1. The maximum Gasteiger partial charge on any atom is 0.326 e. The minimum atomic E-state index is -3.65. The molecule has 0 heterocycles. The van der Waals surface area contributed by atoms with Gasteiger partial charge in [-0.1, -0.05) is 78.4 Å². The Labute approximate surface area is 218 Å². The molecule has 2 N–H and O–H groups in total. The summed E-state index contributed by atoms with van der Waals surface area (Å²) < 4.78 is 32.6. The van der Waals surface area contributed by atoms with Crippen molar-refractivity contribution in [1.29, 1.82) is 0 Å². The van der Waals surface area contributed by atoms with Crippen molar-refractivity contribution in [1.82, 2.24) is 10.2 Å². The molecule has 0 fully saturated rings. The van der Waals surface area contributed by atoms with Crippen molar-refractivity contribution in [2.45, 2.75) is 50.2 Å². The molecular weight excluding hydrogens is 492 g/mol. The van der Waals surface area contributed by atoms with Gasteiger partial charge in [0.05, 0.1) is 4.90 Å². The smallest absolute Gasteiger partial charge is 0.326 e. The van der Waals surface area contributed by atoms with Gasteiger partial charge in [0.15, 0.2) is 0 Å². The third-order valence-corrected chi connectivity index (χ3v) is 7.05. The first-order chi connectivity index (χ1) is 17.8. The highest BCUT2D eigenvalue weighted by atomic mass is 32.2. The summed E-state index contributed by atoms with van der Waals surface area (Å²) in [6, 6.07) is 24.6. The van der Waals surface area contributed by atoms with Gasteiger partial charge in [-0.15, -0.1) is 5.48 Å². The number of nitrogens with one attached hydrogen (secondary N) is 2. The standard InChI is InChI=1S/C28H32N2O6S/c1-22-14-17-25(18-15-22)37(33,34)29-20-8-13-27(31)36-30-26(19-16-23-9-4-2-5-10-23)28(32)35-21-24-11-6-3-7-12-24/h2-7,9-12,14-15,17-18,26,29-30H,8,13,16,19-21H2,1H3/t26-/m0/s1. The predicted molar refractivity (Wildman–Crippen MR) is 140 cm³/mol. The van der Waals surface area contributed by atoms with E-state index >= 15 is 0 Å². The Balaban J connectivity index is 1.46. The van der Waals surface area contributed by atoms with E-state index in [1.165, 1.54) is 12.1 Å². The fraction of sp³-hybridized carbons (Fsp3) is 0.286. The van der Waals surface area contributed by atoms with Gasteiger partial charge in [0.1, 0.15) is 12.6 Å². The lowest BCUT2D eigenvalue weighted by Gasteiger charge is -2.17. The Kier molecular flexibility index (Phi) is 10.8. The fourth-order valence-electron chi connectivity index (χ4n) is 3.44. The van der Waals surface area contributed by atoms with Crippen LogP contribution < -0.4 is 10.2 Å². The highest BCUT2D eigenvalue weighted by Crippen LogP contribution is 2.11. The molecule has 8 nitrogen and oxygen atoms in total. The zero-order valence-electron chi connectivity index (χ0n) is 20.8. The zero-order chi connectivity index (χ0) is 26.5. The number of hydroxylamine groups is 1. The second-order valence-corrected chi connectivity index (χ2v) is 10.3. The number of aryl methyl sites for hydroxylation is 2. The van der Waals surface area contributed by atoms with Gasteiger partial charge in [-0.25, -0.2) is 13.1 Å². The maximum absolute atomic E-state index is 12.7. The minimum absolute atomic E-state index is 0.0338. The average Bonchev–Trinajstić information content (AvgIpc) is 2.91. The van der Waals surface area contributed by atoms with E-state index in [2.05, 4.69) is 10.2 Å². The van der Waals surface area contributed by atoms with E-state index in [1.807, 2.05) is 67.6 Å². The summed E-state index contributed by atoms with van der Waals surface area (Å²) in [6.45, 7) is 2.05. The second kappa shape index (κ2) is 14.3. The third kappa shape index (κ3) is 9.80. The molecule has 0 aliphatic rings. The van der Waals surface area contributed by atoms with Crippen LogP contribution in [0.3, 0.4) is 0 Å². The van der Waals surface area contributed by atoms with Gasteiger partial charge in [0, 0.05) is 13.0 Å². The summed E-state index contributed by atoms with van der Waals surface area (Å²) in [5.74, 6) is -1.13. The van der Waals surface area contributed by atoms with Gasteiger partial charge in [-0.3, -0.25) is 9.59 Å². The maximum atomic E-state index is 12.7. The van der Waals surface area contributed by atoms with Crippen LogP contribution in [0, 0.1) is 6.92 Å². The molecule has 0 aromatic heterocycles. The van der Waals surface area contributed by atoms with E-state index in [0.29, 0.717) is 12.8 Å². The first kappa shape index (κ1) is 28.0. The molecule has 3 aromatic carbocycles. The van der Waals surface area contributed by atoms with Crippen LogP contribution >= 0.6 is 0 Å². The van der Waals surface area contributed by atoms with Gasteiger partial charge in [-0.2, -0.15) is 0 Å². The quantitative estimate of drug-likeness (QED) is 0.187. The largest absolute Gasteiger partial charge is 0.460 e. The van der Waals surface area contributed by atoms with Crippen LogP contribution in [0.15, 0.2) is 89.8 Å². The van der Waals surface area contributed by atoms with Crippen molar-refractivity contribution >= 4 is 22.0 Å². The molecule has 0 saturated carbocycles. The highest BCUT2D eigenvalue weighted by Gasteiger charge is 2.22. The summed E-state index contributed by atoms with van der Waals surface area (Å²) in [5, 5.41) is 0. The first-order valence-corrected chi connectivity index (χ1v) is 13.6. The van der Waals surface area contributed by atoms with E-state index in [4.69, 9.17) is 9.57 Å². The van der Waals surface area contributed by atoms with Crippen molar-refractivity contribution in [2.24, 2.45) is 0 Å². The molecule has 3 rings (SSSR count). The topological polar surface area (TPSA) is 111 Å². The van der Waals surface area contributed by atoms with Crippen LogP contribution in [0.5, 0.6) is 0 Å². The molecule has 3 aromatic rings. The Morgan fingerprint density at radius 1 is 0.865 bits per heavy atom. The highest BCUT2D eigenvalue weighted by molar-refractivity contribution is 7.89. The molecule has 9 heteroatoms. The zero-order valence-corrected chi connectivity index (χ0v) is 21.6. The molecule has 0 unspecified atom stereocenters. The summed E-state index contributed by atoms with van der Waals surface area (Å²) in [7, 11) is -3.65. The van der Waals surface area contributed by atoms with Gasteiger partial charge in [0.25, 0.3) is 0 Å². The van der Waals surface area contributed by atoms with Gasteiger partial charge in [0.2, 0.25) is 10.0 Å². The normalized spacial score (nSPS) is 12.0. The Bertz CT molecular complexity index is 1230. The van der Waals surface area contributed by atoms with Gasteiger partial charge >= 0.3 is 11.9 Å². The number of carbonyl (C=O) groups is 2. The molecule has 0 bridgehead atoms. The van der Waals surface area contributed by atoms with Crippen molar-refractivity contribution < 1.29 is 27.6 Å². The number of hydrogen-bond donors (Lipinski definition) is 2. The monoisotopic (exact) mass is 524 g/mol. The molecule has 196 valence electrons.